The highest BCUT2D eigenvalue weighted by atomic mass is 35.5. The van der Waals surface area contributed by atoms with Gasteiger partial charge in [-0.2, -0.15) is 0 Å². The SMILES string of the molecule is Cc1cc2c(c3c(C)csc13)[C@H](CCl)CN2C(=O)CCCC(=O)N1C[C@@H](CCl)c2c1cc(OC(C)(C)C)c1ccccc21. The summed E-state index contributed by atoms with van der Waals surface area (Å²) in [5.41, 5.74) is 6.16. The molecule has 0 fully saturated rings. The number of amides is 2. The summed E-state index contributed by atoms with van der Waals surface area (Å²) in [6.07, 6.45) is 1.06. The molecule has 0 N–H and O–H groups in total. The van der Waals surface area contributed by atoms with E-state index in [4.69, 9.17) is 27.9 Å². The Labute approximate surface area is 267 Å². The Balaban J connectivity index is 1.21. The molecule has 2 aliphatic heterocycles. The lowest BCUT2D eigenvalue weighted by Gasteiger charge is -2.25. The Morgan fingerprint density at radius 1 is 0.884 bits per heavy atom. The minimum Gasteiger partial charge on any atom is -0.487 e. The quantitative estimate of drug-likeness (QED) is 0.190. The van der Waals surface area contributed by atoms with Crippen molar-refractivity contribution in [1.29, 1.82) is 0 Å². The van der Waals surface area contributed by atoms with Crippen molar-refractivity contribution in [3.05, 3.63) is 64.0 Å². The van der Waals surface area contributed by atoms with Gasteiger partial charge in [0.05, 0.1) is 5.69 Å². The Hall–Kier alpha value is -2.80. The predicted octanol–water partition coefficient (Wildman–Crippen LogP) is 9.06. The van der Waals surface area contributed by atoms with Crippen molar-refractivity contribution >= 4 is 78.6 Å². The summed E-state index contributed by atoms with van der Waals surface area (Å²) >= 11 is 14.6. The molecule has 0 spiro atoms. The van der Waals surface area contributed by atoms with Gasteiger partial charge in [-0.25, -0.2) is 0 Å². The number of halogens is 2. The second-order valence-electron chi connectivity index (χ2n) is 12.9. The lowest BCUT2D eigenvalue weighted by molar-refractivity contribution is -0.119. The highest BCUT2D eigenvalue weighted by molar-refractivity contribution is 7.17. The Kier molecular flexibility index (Phi) is 8.16. The summed E-state index contributed by atoms with van der Waals surface area (Å²) in [5, 5.41) is 5.53. The van der Waals surface area contributed by atoms with E-state index in [1.807, 2.05) is 48.8 Å². The molecule has 2 amide bonds. The van der Waals surface area contributed by atoms with Crippen molar-refractivity contribution in [2.24, 2.45) is 0 Å². The Morgan fingerprint density at radius 3 is 2.07 bits per heavy atom. The number of hydrogen-bond acceptors (Lipinski definition) is 4. The van der Waals surface area contributed by atoms with Gasteiger partial charge in [0, 0.05) is 76.8 Å². The number of anilines is 2. The number of fused-ring (bicyclic) bond motifs is 6. The van der Waals surface area contributed by atoms with Crippen molar-refractivity contribution in [2.75, 3.05) is 34.6 Å². The fourth-order valence-corrected chi connectivity index (χ4v) is 8.35. The van der Waals surface area contributed by atoms with Crippen LogP contribution in [0.2, 0.25) is 0 Å². The van der Waals surface area contributed by atoms with Gasteiger partial charge in [-0.3, -0.25) is 9.59 Å². The number of thiophene rings is 1. The Bertz CT molecular complexity index is 1740. The maximum atomic E-state index is 13.7. The van der Waals surface area contributed by atoms with E-state index in [1.54, 1.807) is 11.3 Å². The molecule has 0 saturated heterocycles. The summed E-state index contributed by atoms with van der Waals surface area (Å²) in [6.45, 7) is 11.4. The number of alkyl halides is 2. The standard InChI is InChI=1S/C35H38Cl2N2O3S/c1-20-13-26-33(31-21(2)19-43-34(20)31)23(16-37)18-38(26)29(40)11-8-12-30(41)39-17-22(15-36)32-25-10-7-6-9-24(25)28(14-27(32)39)42-35(3,4)5/h6-7,9-10,13-14,19,22-23H,8,11-12,15-18H2,1-5H3/t22-,23-/m1/s1. The maximum absolute atomic E-state index is 13.7. The van der Waals surface area contributed by atoms with Crippen LogP contribution in [0.3, 0.4) is 0 Å². The van der Waals surface area contributed by atoms with E-state index in [0.29, 0.717) is 37.7 Å². The van der Waals surface area contributed by atoms with Crippen LogP contribution in [0.5, 0.6) is 5.75 Å². The molecular weight excluding hydrogens is 599 g/mol. The number of ether oxygens (including phenoxy) is 1. The first-order valence-electron chi connectivity index (χ1n) is 15.0. The third-order valence-corrected chi connectivity index (χ3v) is 10.6. The lowest BCUT2D eigenvalue weighted by atomic mass is 9.95. The zero-order chi connectivity index (χ0) is 30.6. The third-order valence-electron chi connectivity index (χ3n) is 8.63. The van der Waals surface area contributed by atoms with Gasteiger partial charge in [0.25, 0.3) is 0 Å². The van der Waals surface area contributed by atoms with Crippen molar-refractivity contribution < 1.29 is 14.3 Å². The van der Waals surface area contributed by atoms with E-state index < -0.39 is 0 Å². The Morgan fingerprint density at radius 2 is 1.47 bits per heavy atom. The van der Waals surface area contributed by atoms with Crippen LogP contribution in [-0.2, 0) is 9.59 Å². The van der Waals surface area contributed by atoms with Crippen LogP contribution in [0.1, 0.15) is 74.1 Å². The molecule has 0 unspecified atom stereocenters. The molecule has 4 aromatic rings. The molecule has 0 aliphatic carbocycles. The van der Waals surface area contributed by atoms with Gasteiger partial charge < -0.3 is 14.5 Å². The van der Waals surface area contributed by atoms with E-state index in [9.17, 15) is 9.59 Å². The smallest absolute Gasteiger partial charge is 0.227 e. The first kappa shape index (κ1) is 30.2. The summed E-state index contributed by atoms with van der Waals surface area (Å²) in [7, 11) is 0. The van der Waals surface area contributed by atoms with Gasteiger partial charge in [-0.1, -0.05) is 24.3 Å². The zero-order valence-corrected chi connectivity index (χ0v) is 27.8. The predicted molar refractivity (Wildman–Crippen MR) is 181 cm³/mol. The number of carbonyl (C=O) groups excluding carboxylic acids is 2. The number of carbonyl (C=O) groups is 2. The normalized spacial score (nSPS) is 18.0. The van der Waals surface area contributed by atoms with E-state index >= 15 is 0 Å². The maximum Gasteiger partial charge on any atom is 0.227 e. The molecule has 2 aliphatic rings. The van der Waals surface area contributed by atoms with E-state index in [2.05, 4.69) is 37.4 Å². The van der Waals surface area contributed by atoms with Gasteiger partial charge in [0.15, 0.2) is 0 Å². The summed E-state index contributed by atoms with van der Waals surface area (Å²) in [5.74, 6) is 1.83. The van der Waals surface area contributed by atoms with Gasteiger partial charge in [-0.15, -0.1) is 34.5 Å². The summed E-state index contributed by atoms with van der Waals surface area (Å²) < 4.78 is 7.64. The molecule has 226 valence electrons. The van der Waals surface area contributed by atoms with E-state index in [1.165, 1.54) is 26.8 Å². The average Bonchev–Trinajstić information content (AvgIpc) is 3.65. The molecule has 3 heterocycles. The molecule has 6 rings (SSSR count). The van der Waals surface area contributed by atoms with Crippen LogP contribution in [0.15, 0.2) is 41.8 Å². The van der Waals surface area contributed by atoms with Gasteiger partial charge in [0.1, 0.15) is 11.4 Å². The molecule has 0 bridgehead atoms. The van der Waals surface area contributed by atoms with Crippen molar-refractivity contribution in [3.63, 3.8) is 0 Å². The van der Waals surface area contributed by atoms with Crippen molar-refractivity contribution in [3.8, 4) is 5.75 Å². The fourth-order valence-electron chi connectivity index (χ4n) is 6.80. The highest BCUT2D eigenvalue weighted by Crippen LogP contribution is 2.48. The minimum atomic E-state index is -0.389. The first-order valence-corrected chi connectivity index (χ1v) is 17.0. The van der Waals surface area contributed by atoms with Gasteiger partial charge in [-0.05, 0) is 80.1 Å². The second-order valence-corrected chi connectivity index (χ2v) is 14.4. The van der Waals surface area contributed by atoms with Crippen LogP contribution in [0.25, 0.3) is 20.9 Å². The van der Waals surface area contributed by atoms with Crippen LogP contribution in [-0.4, -0.2) is 42.3 Å². The van der Waals surface area contributed by atoms with Crippen LogP contribution >= 0.6 is 34.5 Å². The number of hydrogen-bond donors (Lipinski definition) is 0. The fraction of sp³-hybridized carbons (Fsp3) is 0.429. The van der Waals surface area contributed by atoms with E-state index in [-0.39, 0.29) is 35.7 Å². The molecular formula is C35H38Cl2N2O3S. The first-order chi connectivity index (χ1) is 20.5. The van der Waals surface area contributed by atoms with Crippen molar-refractivity contribution in [1.82, 2.24) is 0 Å². The molecule has 3 aromatic carbocycles. The molecule has 43 heavy (non-hydrogen) atoms. The molecule has 1 aromatic heterocycles. The topological polar surface area (TPSA) is 49.9 Å². The molecule has 5 nitrogen and oxygen atoms in total. The number of aryl methyl sites for hydroxylation is 2. The summed E-state index contributed by atoms with van der Waals surface area (Å²) in [6, 6.07) is 12.3. The van der Waals surface area contributed by atoms with Gasteiger partial charge >= 0.3 is 0 Å². The van der Waals surface area contributed by atoms with Crippen LogP contribution in [0.4, 0.5) is 11.4 Å². The van der Waals surface area contributed by atoms with Crippen LogP contribution in [0, 0.1) is 13.8 Å². The number of rotatable bonds is 7. The second kappa shape index (κ2) is 11.6. The molecule has 0 radical (unpaired) electrons. The summed E-state index contributed by atoms with van der Waals surface area (Å²) in [4.78, 5) is 31.0. The van der Waals surface area contributed by atoms with Crippen molar-refractivity contribution in [2.45, 2.75) is 71.3 Å². The molecule has 2 atom stereocenters. The van der Waals surface area contributed by atoms with Gasteiger partial charge in [0.2, 0.25) is 11.8 Å². The van der Waals surface area contributed by atoms with Crippen LogP contribution < -0.4 is 14.5 Å². The lowest BCUT2D eigenvalue weighted by Crippen LogP contribution is -2.32. The minimum absolute atomic E-state index is 0.00515. The number of nitrogens with zero attached hydrogens (tertiary/aromatic N) is 2. The largest absolute Gasteiger partial charge is 0.487 e. The number of benzene rings is 3. The molecule has 0 saturated carbocycles. The zero-order valence-electron chi connectivity index (χ0n) is 25.4. The monoisotopic (exact) mass is 636 g/mol. The molecule has 8 heteroatoms. The average molecular weight is 638 g/mol. The highest BCUT2D eigenvalue weighted by Gasteiger charge is 2.37. The third kappa shape index (κ3) is 5.40. The van der Waals surface area contributed by atoms with E-state index in [0.717, 1.165) is 33.5 Å².